The van der Waals surface area contributed by atoms with Gasteiger partial charge in [0.2, 0.25) is 0 Å². The number of aliphatic hydroxyl groups excluding tert-OH is 1. The average Bonchev–Trinajstić information content (AvgIpc) is 2.42. The van der Waals surface area contributed by atoms with E-state index in [9.17, 15) is 0 Å². The highest BCUT2D eigenvalue weighted by Gasteiger charge is 2.03. The summed E-state index contributed by atoms with van der Waals surface area (Å²) in [4.78, 5) is 0. The summed E-state index contributed by atoms with van der Waals surface area (Å²) in [5.41, 5.74) is 2.19. The van der Waals surface area contributed by atoms with Gasteiger partial charge in [-0.2, -0.15) is 0 Å². The monoisotopic (exact) mass is 264 g/mol. The third kappa shape index (κ3) is 5.90. The summed E-state index contributed by atoms with van der Waals surface area (Å²) < 4.78 is 10.6. The smallest absolute Gasteiger partial charge is 0.188 e. The van der Waals surface area contributed by atoms with E-state index in [1.807, 2.05) is 25.1 Å². The summed E-state index contributed by atoms with van der Waals surface area (Å²) >= 11 is 0. The second-order valence-electron chi connectivity index (χ2n) is 4.52. The van der Waals surface area contributed by atoms with Gasteiger partial charge in [0.1, 0.15) is 5.75 Å². The maximum Gasteiger partial charge on any atom is 0.188 e. The first kappa shape index (κ1) is 15.7. The third-order valence-electron chi connectivity index (χ3n) is 2.89. The molecule has 0 saturated heterocycles. The molecule has 1 rings (SSSR count). The van der Waals surface area contributed by atoms with E-state index in [1.165, 1.54) is 0 Å². The molecule has 0 unspecified atom stereocenters. The number of hydrogen-bond donors (Lipinski definition) is 1. The molecule has 0 radical (unpaired) electrons. The molecule has 0 aromatic heterocycles. The van der Waals surface area contributed by atoms with Crippen LogP contribution < -0.4 is 4.74 Å². The molecule has 0 atom stereocenters. The fraction of sp³-hybridized carbons (Fsp3) is 0.500. The van der Waals surface area contributed by atoms with Crippen LogP contribution in [0.15, 0.2) is 24.3 Å². The molecule has 0 aliphatic carbocycles. The third-order valence-corrected chi connectivity index (χ3v) is 2.89. The fourth-order valence-corrected chi connectivity index (χ4v) is 1.88. The van der Waals surface area contributed by atoms with Gasteiger partial charge in [0.05, 0.1) is 0 Å². The van der Waals surface area contributed by atoms with Gasteiger partial charge in [-0.15, -0.1) is 0 Å². The number of benzene rings is 1. The molecule has 106 valence electrons. The van der Waals surface area contributed by atoms with E-state index >= 15 is 0 Å². The Balaban J connectivity index is 2.56. The summed E-state index contributed by atoms with van der Waals surface area (Å²) in [6.45, 7) is 2.59. The van der Waals surface area contributed by atoms with Gasteiger partial charge in [0.25, 0.3) is 0 Å². The summed E-state index contributed by atoms with van der Waals surface area (Å²) in [7, 11) is 1.62. The molecular weight excluding hydrogens is 240 g/mol. The molecule has 0 bridgehead atoms. The Morgan fingerprint density at radius 1 is 1.21 bits per heavy atom. The first-order chi connectivity index (χ1) is 9.29. The lowest BCUT2D eigenvalue weighted by Crippen LogP contribution is -2.01. The second kappa shape index (κ2) is 9.59. The van der Waals surface area contributed by atoms with Gasteiger partial charge in [-0.05, 0) is 31.7 Å². The highest BCUT2D eigenvalue weighted by atomic mass is 16.7. The van der Waals surface area contributed by atoms with Crippen molar-refractivity contribution in [1.29, 1.82) is 0 Å². The molecule has 0 saturated carbocycles. The number of aryl methyl sites for hydroxylation is 1. The van der Waals surface area contributed by atoms with E-state index in [-0.39, 0.29) is 13.4 Å². The second-order valence-corrected chi connectivity index (χ2v) is 4.52. The van der Waals surface area contributed by atoms with E-state index in [4.69, 9.17) is 14.6 Å². The predicted octanol–water partition coefficient (Wildman–Crippen LogP) is 3.54. The molecule has 0 spiro atoms. The molecule has 0 heterocycles. The molecule has 0 amide bonds. The summed E-state index contributed by atoms with van der Waals surface area (Å²) in [6.07, 6.45) is 8.35. The van der Waals surface area contributed by atoms with Crippen LogP contribution in [0.25, 0.3) is 6.08 Å². The van der Waals surface area contributed by atoms with Crippen LogP contribution in [-0.4, -0.2) is 25.6 Å². The maximum absolute atomic E-state index is 8.70. The van der Waals surface area contributed by atoms with Crippen LogP contribution in [-0.2, 0) is 4.74 Å². The molecule has 0 aliphatic rings. The maximum atomic E-state index is 8.70. The minimum absolute atomic E-state index is 0.266. The number of hydrogen-bond acceptors (Lipinski definition) is 3. The Labute approximate surface area is 115 Å². The zero-order valence-corrected chi connectivity index (χ0v) is 11.9. The van der Waals surface area contributed by atoms with Gasteiger partial charge in [-0.3, -0.25) is 0 Å². The first-order valence-corrected chi connectivity index (χ1v) is 6.78. The Morgan fingerprint density at radius 3 is 2.79 bits per heavy atom. The van der Waals surface area contributed by atoms with Crippen molar-refractivity contribution in [3.05, 3.63) is 35.4 Å². The van der Waals surface area contributed by atoms with Gasteiger partial charge >= 0.3 is 0 Å². The van der Waals surface area contributed by atoms with Crippen molar-refractivity contribution < 1.29 is 14.6 Å². The topological polar surface area (TPSA) is 38.7 Å². The first-order valence-electron chi connectivity index (χ1n) is 6.78. The summed E-state index contributed by atoms with van der Waals surface area (Å²) in [6, 6.07) is 6.10. The van der Waals surface area contributed by atoms with Crippen LogP contribution in [0.4, 0.5) is 0 Å². The number of unbranched alkanes of at least 4 members (excludes halogenated alkanes) is 3. The van der Waals surface area contributed by atoms with Crippen molar-refractivity contribution in [2.24, 2.45) is 0 Å². The number of aliphatic hydroxyl groups is 1. The van der Waals surface area contributed by atoms with Crippen molar-refractivity contribution in [1.82, 2.24) is 0 Å². The van der Waals surface area contributed by atoms with Gasteiger partial charge in [0, 0.05) is 19.3 Å². The molecule has 3 heteroatoms. The van der Waals surface area contributed by atoms with Crippen LogP contribution in [0.1, 0.15) is 36.8 Å². The van der Waals surface area contributed by atoms with E-state index in [2.05, 4.69) is 12.2 Å². The van der Waals surface area contributed by atoms with Crippen molar-refractivity contribution in [3.8, 4) is 5.75 Å². The number of ether oxygens (including phenoxy) is 2. The lowest BCUT2D eigenvalue weighted by Gasteiger charge is -2.11. The van der Waals surface area contributed by atoms with Gasteiger partial charge < -0.3 is 14.6 Å². The minimum Gasteiger partial charge on any atom is -0.467 e. The molecule has 0 aliphatic heterocycles. The Kier molecular flexibility index (Phi) is 7.94. The normalized spacial score (nSPS) is 11.1. The average molecular weight is 264 g/mol. The predicted molar refractivity (Wildman–Crippen MR) is 78.3 cm³/mol. The van der Waals surface area contributed by atoms with E-state index < -0.39 is 0 Å². The Hall–Kier alpha value is -1.32. The molecule has 3 nitrogen and oxygen atoms in total. The molecule has 1 aromatic carbocycles. The summed E-state index contributed by atoms with van der Waals surface area (Å²) in [5, 5.41) is 8.70. The minimum atomic E-state index is 0.266. The van der Waals surface area contributed by atoms with Gasteiger partial charge in [-0.25, -0.2) is 0 Å². The largest absolute Gasteiger partial charge is 0.467 e. The van der Waals surface area contributed by atoms with E-state index in [0.29, 0.717) is 0 Å². The molecular formula is C16H24O3. The standard InChI is InChI=1S/C16H24O3/c1-14-9-8-11-15(16(14)19-13-18-2)10-6-4-3-5-7-12-17/h6,8-11,17H,3-5,7,12-13H2,1-2H3/b10-6-. The number of allylic oxidation sites excluding steroid dienone is 1. The molecule has 1 aromatic rings. The highest BCUT2D eigenvalue weighted by molar-refractivity contribution is 5.59. The van der Waals surface area contributed by atoms with E-state index in [0.717, 1.165) is 42.6 Å². The van der Waals surface area contributed by atoms with Crippen molar-refractivity contribution in [3.63, 3.8) is 0 Å². The molecule has 19 heavy (non-hydrogen) atoms. The van der Waals surface area contributed by atoms with Gasteiger partial charge in [0.15, 0.2) is 6.79 Å². The van der Waals surface area contributed by atoms with Gasteiger partial charge in [-0.1, -0.05) is 36.8 Å². The molecule has 0 fully saturated rings. The van der Waals surface area contributed by atoms with Crippen molar-refractivity contribution in [2.75, 3.05) is 20.5 Å². The lowest BCUT2D eigenvalue weighted by molar-refractivity contribution is 0.0505. The summed E-state index contributed by atoms with van der Waals surface area (Å²) in [5.74, 6) is 0.885. The number of methoxy groups -OCH3 is 1. The fourth-order valence-electron chi connectivity index (χ4n) is 1.88. The quantitative estimate of drug-likeness (QED) is 0.547. The Morgan fingerprint density at radius 2 is 2.05 bits per heavy atom. The van der Waals surface area contributed by atoms with Crippen LogP contribution >= 0.6 is 0 Å². The van der Waals surface area contributed by atoms with Crippen molar-refractivity contribution >= 4 is 6.08 Å². The van der Waals surface area contributed by atoms with Crippen LogP contribution in [0.5, 0.6) is 5.75 Å². The Bertz CT molecular complexity index is 386. The van der Waals surface area contributed by atoms with Crippen LogP contribution in [0.3, 0.4) is 0 Å². The zero-order chi connectivity index (χ0) is 13.9. The molecule has 1 N–H and O–H groups in total. The highest BCUT2D eigenvalue weighted by Crippen LogP contribution is 2.25. The lowest BCUT2D eigenvalue weighted by atomic mass is 10.1. The van der Waals surface area contributed by atoms with Crippen LogP contribution in [0, 0.1) is 6.92 Å². The zero-order valence-electron chi connectivity index (χ0n) is 11.9. The van der Waals surface area contributed by atoms with Crippen molar-refractivity contribution in [2.45, 2.75) is 32.6 Å². The van der Waals surface area contributed by atoms with Crippen LogP contribution in [0.2, 0.25) is 0 Å². The van der Waals surface area contributed by atoms with E-state index in [1.54, 1.807) is 7.11 Å². The SMILES string of the molecule is COCOc1c(C)cccc1/C=C\CCCCCO. The number of rotatable bonds is 9. The number of para-hydroxylation sites is 1.